The van der Waals surface area contributed by atoms with Gasteiger partial charge in [-0.15, -0.1) is 0 Å². The van der Waals surface area contributed by atoms with Gasteiger partial charge >= 0.3 is 0 Å². The zero-order valence-corrected chi connectivity index (χ0v) is 6.22. The second-order valence-electron chi connectivity index (χ2n) is 1.38. The molecule has 0 bridgehead atoms. The topological polar surface area (TPSA) is 17.1 Å². The van der Waals surface area contributed by atoms with Crippen LogP contribution < -0.4 is 0 Å². The van der Waals surface area contributed by atoms with Crippen LogP contribution in [-0.2, 0) is 4.79 Å². The van der Waals surface area contributed by atoms with E-state index in [1.165, 1.54) is 0 Å². The van der Waals surface area contributed by atoms with E-state index in [-0.39, 0.29) is 0 Å². The fourth-order valence-electron chi connectivity index (χ4n) is 0.432. The van der Waals surface area contributed by atoms with Crippen LogP contribution in [-0.4, -0.2) is 6.29 Å². The molecule has 0 heterocycles. The van der Waals surface area contributed by atoms with Crippen molar-refractivity contribution in [1.29, 1.82) is 0 Å². The smallest absolute Gasteiger partial charge is 0.150 e. The van der Waals surface area contributed by atoms with Gasteiger partial charge in [0.05, 0.1) is 0 Å². The Morgan fingerprint density at radius 1 is 1.40 bits per heavy atom. The van der Waals surface area contributed by atoms with Gasteiger partial charge in [0.2, 0.25) is 0 Å². The van der Waals surface area contributed by atoms with Crippen molar-refractivity contribution in [2.75, 3.05) is 0 Å². The van der Waals surface area contributed by atoms with Crippen LogP contribution in [0.3, 0.4) is 0 Å². The van der Waals surface area contributed by atoms with Crippen molar-refractivity contribution in [3.05, 3.63) is 35.3 Å². The second-order valence-corrected chi connectivity index (χ2v) is 1.38. The number of allylic oxidation sites excluding steroid dienone is 4. The Morgan fingerprint density at radius 2 is 2.10 bits per heavy atom. The average Bonchev–Trinajstić information content (AvgIpc) is 2.10. The minimum Gasteiger partial charge on any atom is -0.298 e. The molecule has 0 N–H and O–H groups in total. The Balaban J connectivity index is 0.000000371. The van der Waals surface area contributed by atoms with E-state index in [4.69, 9.17) is 0 Å². The highest BCUT2D eigenvalue weighted by Crippen LogP contribution is 1.93. The lowest BCUT2D eigenvalue weighted by Gasteiger charge is -1.82. The molecule has 1 aliphatic rings. The maximum Gasteiger partial charge on any atom is 0.150 e. The molecule has 1 heteroatoms. The van der Waals surface area contributed by atoms with E-state index in [9.17, 15) is 4.79 Å². The van der Waals surface area contributed by atoms with Crippen molar-refractivity contribution in [2.45, 2.75) is 13.8 Å². The number of rotatable bonds is 1. The summed E-state index contributed by atoms with van der Waals surface area (Å²) in [5.74, 6) is 0. The third-order valence-corrected chi connectivity index (χ3v) is 0.817. The van der Waals surface area contributed by atoms with Gasteiger partial charge in [0, 0.05) is 5.57 Å². The van der Waals surface area contributed by atoms with E-state index < -0.39 is 0 Å². The maximum atomic E-state index is 9.97. The highest BCUT2D eigenvalue weighted by Gasteiger charge is 1.84. The lowest BCUT2D eigenvalue weighted by Crippen LogP contribution is -1.76. The van der Waals surface area contributed by atoms with Gasteiger partial charge < -0.3 is 0 Å². The molecule has 0 aromatic carbocycles. The Hall–Kier alpha value is -1.29. The summed E-state index contributed by atoms with van der Waals surface area (Å²) in [7, 11) is 0. The lowest BCUT2D eigenvalue weighted by atomic mass is 10.2. The second kappa shape index (κ2) is 5.84. The quantitative estimate of drug-likeness (QED) is 0.396. The summed E-state index contributed by atoms with van der Waals surface area (Å²) in [6, 6.07) is 0. The molecule has 1 rings (SSSR count). The van der Waals surface area contributed by atoms with Gasteiger partial charge in [-0.25, -0.2) is 0 Å². The molecule has 0 aromatic rings. The first kappa shape index (κ1) is 8.71. The summed E-state index contributed by atoms with van der Waals surface area (Å²) >= 11 is 0. The third kappa shape index (κ3) is 2.88. The largest absolute Gasteiger partial charge is 0.298 e. The summed E-state index contributed by atoms with van der Waals surface area (Å²) in [4.78, 5) is 9.97. The van der Waals surface area contributed by atoms with Crippen LogP contribution in [0.5, 0.6) is 0 Å². The molecule has 0 aliphatic heterocycles. The van der Waals surface area contributed by atoms with Gasteiger partial charge in [-0.1, -0.05) is 25.3 Å². The van der Waals surface area contributed by atoms with Crippen LogP contribution in [0.15, 0.2) is 35.3 Å². The van der Waals surface area contributed by atoms with Crippen molar-refractivity contribution in [3.8, 4) is 0 Å². The van der Waals surface area contributed by atoms with E-state index in [0.29, 0.717) is 5.57 Å². The van der Waals surface area contributed by atoms with E-state index in [2.05, 4.69) is 11.5 Å². The molecule has 0 spiro atoms. The van der Waals surface area contributed by atoms with Crippen molar-refractivity contribution in [1.82, 2.24) is 0 Å². The Kier molecular flexibility index (Phi) is 5.09. The molecule has 0 saturated heterocycles. The first-order chi connectivity index (χ1) is 4.93. The molecule has 52 valence electrons. The molecule has 0 unspecified atom stereocenters. The minimum atomic E-state index is 0.642. The molecule has 0 atom stereocenters. The van der Waals surface area contributed by atoms with Gasteiger partial charge in [0.1, 0.15) is 0 Å². The summed E-state index contributed by atoms with van der Waals surface area (Å²) in [5, 5.41) is 0. The summed E-state index contributed by atoms with van der Waals surface area (Å²) in [5.41, 5.74) is 5.98. The zero-order chi connectivity index (χ0) is 7.82. The number of hydrogen-bond donors (Lipinski definition) is 0. The standard InChI is InChI=1S/C7H4O.C2H6/c8-6-7-4-2-1-3-5-7;1-2/h2,4-6H;1-2H3. The molecular weight excluding hydrogens is 124 g/mol. The number of carbonyl (C=O) groups excluding carboxylic acids is 1. The first-order valence-corrected chi connectivity index (χ1v) is 3.26. The van der Waals surface area contributed by atoms with E-state index >= 15 is 0 Å². The predicted molar refractivity (Wildman–Crippen MR) is 41.7 cm³/mol. The zero-order valence-electron chi connectivity index (χ0n) is 6.22. The number of carbonyl (C=O) groups is 1. The van der Waals surface area contributed by atoms with Crippen LogP contribution in [0, 0.1) is 0 Å². The first-order valence-electron chi connectivity index (χ1n) is 3.26. The van der Waals surface area contributed by atoms with Gasteiger partial charge in [-0.05, 0) is 18.2 Å². The highest BCUT2D eigenvalue weighted by molar-refractivity contribution is 5.78. The Labute approximate surface area is 61.1 Å². The average molecular weight is 134 g/mol. The van der Waals surface area contributed by atoms with Gasteiger partial charge in [0.25, 0.3) is 0 Å². The Bertz CT molecular complexity index is 221. The molecule has 0 amide bonds. The maximum absolute atomic E-state index is 9.97. The van der Waals surface area contributed by atoms with E-state index in [1.54, 1.807) is 18.2 Å². The lowest BCUT2D eigenvalue weighted by molar-refractivity contribution is -0.104. The van der Waals surface area contributed by atoms with Crippen molar-refractivity contribution >= 4 is 6.29 Å². The normalized spacial score (nSPS) is 11.6. The number of hydrogen-bond acceptors (Lipinski definition) is 1. The van der Waals surface area contributed by atoms with E-state index in [0.717, 1.165) is 6.29 Å². The third-order valence-electron chi connectivity index (χ3n) is 0.817. The SMILES string of the molecule is CC.O=CC1=CC=C=C=C1. The molecule has 0 saturated carbocycles. The van der Waals surface area contributed by atoms with Crippen LogP contribution in [0.1, 0.15) is 13.8 Å². The van der Waals surface area contributed by atoms with Gasteiger partial charge in [-0.3, -0.25) is 4.79 Å². The number of aldehydes is 1. The van der Waals surface area contributed by atoms with Gasteiger partial charge in [-0.2, -0.15) is 0 Å². The molecule has 1 nitrogen and oxygen atoms in total. The van der Waals surface area contributed by atoms with E-state index in [1.807, 2.05) is 13.8 Å². The molecule has 10 heavy (non-hydrogen) atoms. The van der Waals surface area contributed by atoms with Crippen LogP contribution in [0.4, 0.5) is 0 Å². The van der Waals surface area contributed by atoms with Crippen LogP contribution >= 0.6 is 0 Å². The van der Waals surface area contributed by atoms with Crippen molar-refractivity contribution in [3.63, 3.8) is 0 Å². The van der Waals surface area contributed by atoms with Crippen molar-refractivity contribution < 1.29 is 4.79 Å². The molecular formula is C9H10O. The monoisotopic (exact) mass is 134 g/mol. The summed E-state index contributed by atoms with van der Waals surface area (Å²) < 4.78 is 0. The molecule has 0 fully saturated rings. The summed E-state index contributed by atoms with van der Waals surface area (Å²) in [6.07, 6.45) is 5.71. The molecule has 0 aromatic heterocycles. The van der Waals surface area contributed by atoms with Crippen molar-refractivity contribution in [2.24, 2.45) is 0 Å². The minimum absolute atomic E-state index is 0.642. The predicted octanol–water partition coefficient (Wildman–Crippen LogP) is 2.02. The molecule has 1 aliphatic carbocycles. The fraction of sp³-hybridized carbons (Fsp3) is 0.222. The molecule has 0 radical (unpaired) electrons. The fourth-order valence-corrected chi connectivity index (χ4v) is 0.432. The van der Waals surface area contributed by atoms with Gasteiger partial charge in [0.15, 0.2) is 6.29 Å². The summed E-state index contributed by atoms with van der Waals surface area (Å²) in [6.45, 7) is 4.00. The van der Waals surface area contributed by atoms with Crippen LogP contribution in [0.25, 0.3) is 0 Å². The Morgan fingerprint density at radius 3 is 2.40 bits per heavy atom. The highest BCUT2D eigenvalue weighted by atomic mass is 16.1. The van der Waals surface area contributed by atoms with Crippen LogP contribution in [0.2, 0.25) is 0 Å².